The Bertz CT molecular complexity index is 3750. The van der Waals surface area contributed by atoms with Crippen LogP contribution in [0.4, 0.5) is 4.79 Å². The Morgan fingerprint density at radius 3 is 1.50 bits per heavy atom. The van der Waals surface area contributed by atoms with Gasteiger partial charge >= 0.3 is 30.0 Å². The predicted octanol–water partition coefficient (Wildman–Crippen LogP) is 6.93. The number of hydrazine groups is 1. The summed E-state index contributed by atoms with van der Waals surface area (Å²) in [6, 6.07) is 37.4. The number of fused-ring (bicyclic) bond motifs is 3. The van der Waals surface area contributed by atoms with Gasteiger partial charge in [0, 0.05) is 44.1 Å². The lowest BCUT2D eigenvalue weighted by molar-refractivity contribution is -0.159. The SMILES string of the molecule is C[C@H](NC(=O)[C@H](C)NC(=O)[C@H](CCC(=O)NC(c1ccccc1)(c1ccccc1)c1ccccc1)NC(=O)OCC1c2ccccc2-c2ccccc21)C(=O)N[C@@H](CCCCNN[C@@H](Cc1cccnc1)C(=O)N[C@@H](CCC(=O)O)C(=O)OC(C)(C)C)C(=O)N[C@@H](CCC(=O)OC(C)(C)C)C(=O)O. The summed E-state index contributed by atoms with van der Waals surface area (Å²) in [6.07, 6.45) is 0.419. The predicted molar refractivity (Wildman–Crippen MR) is 382 cm³/mol. The molecule has 0 spiro atoms. The fraction of sp³-hybridized carbons (Fsp3) is 0.403. The number of amides is 7. The van der Waals surface area contributed by atoms with Crippen molar-refractivity contribution in [2.75, 3.05) is 13.2 Å². The number of carboxylic acids is 2. The third-order valence-electron chi connectivity index (χ3n) is 16.8. The summed E-state index contributed by atoms with van der Waals surface area (Å²) in [5, 5.41) is 38.3. The van der Waals surface area contributed by atoms with Gasteiger partial charge in [0.15, 0.2) is 0 Å². The van der Waals surface area contributed by atoms with Gasteiger partial charge in [0.25, 0.3) is 0 Å². The van der Waals surface area contributed by atoms with E-state index in [1.54, 1.807) is 66.1 Å². The van der Waals surface area contributed by atoms with Crippen molar-refractivity contribution < 1.29 is 77.2 Å². The number of carboxylic acid groups (broad SMARTS) is 2. The first-order chi connectivity index (χ1) is 49.0. The van der Waals surface area contributed by atoms with Crippen LogP contribution in [0.3, 0.4) is 0 Å². The molecule has 7 amide bonds. The number of benzene rings is 5. The minimum Gasteiger partial charge on any atom is -0.481 e. The van der Waals surface area contributed by atoms with Crippen molar-refractivity contribution in [2.45, 2.75) is 185 Å². The van der Waals surface area contributed by atoms with E-state index in [0.29, 0.717) is 5.56 Å². The van der Waals surface area contributed by atoms with Gasteiger partial charge in [-0.2, -0.15) is 0 Å². The number of ether oxygens (including phenoxy) is 3. The molecule has 0 bridgehead atoms. The van der Waals surface area contributed by atoms with Gasteiger partial charge in [-0.3, -0.25) is 48.8 Å². The quantitative estimate of drug-likeness (QED) is 0.00619. The summed E-state index contributed by atoms with van der Waals surface area (Å²) in [4.78, 5) is 153. The number of aliphatic carboxylic acids is 2. The molecule has 103 heavy (non-hydrogen) atoms. The molecule has 1 heterocycles. The lowest BCUT2D eigenvalue weighted by atomic mass is 9.77. The number of pyridine rings is 1. The van der Waals surface area contributed by atoms with Crippen molar-refractivity contribution >= 4 is 65.4 Å². The fourth-order valence-corrected chi connectivity index (χ4v) is 11.8. The fourth-order valence-electron chi connectivity index (χ4n) is 11.8. The van der Waals surface area contributed by atoms with Gasteiger partial charge in [0.1, 0.15) is 65.6 Å². The van der Waals surface area contributed by atoms with Crippen LogP contribution in [0.1, 0.15) is 152 Å². The molecular formula is C77H94N10O16. The van der Waals surface area contributed by atoms with Gasteiger partial charge in [-0.25, -0.2) is 19.8 Å². The Morgan fingerprint density at radius 1 is 0.485 bits per heavy atom. The Labute approximate surface area is 599 Å². The lowest BCUT2D eigenvalue weighted by Crippen LogP contribution is -2.57. The number of nitrogens with zero attached hydrogens (tertiary/aromatic N) is 1. The molecule has 5 aromatic carbocycles. The smallest absolute Gasteiger partial charge is 0.407 e. The zero-order chi connectivity index (χ0) is 74.9. The molecular weight excluding hydrogens is 1320 g/mol. The second-order valence-electron chi connectivity index (χ2n) is 27.2. The summed E-state index contributed by atoms with van der Waals surface area (Å²) in [7, 11) is 0. The third kappa shape index (κ3) is 24.2. The first-order valence-corrected chi connectivity index (χ1v) is 34.4. The Kier molecular flexibility index (Phi) is 29.1. The van der Waals surface area contributed by atoms with E-state index in [4.69, 9.17) is 14.2 Å². The molecule has 26 nitrogen and oxygen atoms in total. The highest BCUT2D eigenvalue weighted by Crippen LogP contribution is 2.44. The largest absolute Gasteiger partial charge is 0.481 e. The maximum atomic E-state index is 14.6. The van der Waals surface area contributed by atoms with Gasteiger partial charge in [0.2, 0.25) is 35.4 Å². The Balaban J connectivity index is 1.04. The van der Waals surface area contributed by atoms with Crippen molar-refractivity contribution in [1.82, 2.24) is 53.1 Å². The maximum Gasteiger partial charge on any atom is 0.407 e. The summed E-state index contributed by atoms with van der Waals surface area (Å²) >= 11 is 0. The molecule has 548 valence electrons. The van der Waals surface area contributed by atoms with Crippen LogP contribution in [-0.4, -0.2) is 147 Å². The highest BCUT2D eigenvalue weighted by atomic mass is 16.6. The zero-order valence-electron chi connectivity index (χ0n) is 59.2. The van der Waals surface area contributed by atoms with Gasteiger partial charge in [-0.05, 0) is 151 Å². The number of hydrogen-bond donors (Lipinski definition) is 11. The molecule has 0 aliphatic heterocycles. The molecule has 6 aromatic rings. The molecule has 0 unspecified atom stereocenters. The maximum absolute atomic E-state index is 14.6. The minimum atomic E-state index is -1.61. The first kappa shape index (κ1) is 79.5. The molecule has 7 rings (SSSR count). The van der Waals surface area contributed by atoms with Crippen molar-refractivity contribution in [3.05, 3.63) is 197 Å². The molecule has 11 N–H and O–H groups in total. The van der Waals surface area contributed by atoms with Crippen LogP contribution in [0.15, 0.2) is 164 Å². The van der Waals surface area contributed by atoms with Gasteiger partial charge < -0.3 is 61.6 Å². The van der Waals surface area contributed by atoms with Crippen LogP contribution in [0.25, 0.3) is 11.1 Å². The minimum absolute atomic E-state index is 0.0587. The number of alkyl carbamates (subject to hydrolysis) is 1. The first-order valence-electron chi connectivity index (χ1n) is 34.4. The van der Waals surface area contributed by atoms with Crippen LogP contribution in [0, 0.1) is 0 Å². The van der Waals surface area contributed by atoms with E-state index in [-0.39, 0.29) is 76.9 Å². The van der Waals surface area contributed by atoms with Crippen LogP contribution in [-0.2, 0) is 74.1 Å². The van der Waals surface area contributed by atoms with Crippen LogP contribution in [0.5, 0.6) is 0 Å². The highest BCUT2D eigenvalue weighted by molar-refractivity contribution is 5.96. The second-order valence-corrected chi connectivity index (χ2v) is 27.2. The number of aromatic nitrogens is 1. The molecule has 0 radical (unpaired) electrons. The number of rotatable bonds is 37. The molecule has 1 aliphatic carbocycles. The van der Waals surface area contributed by atoms with Crippen LogP contribution >= 0.6 is 0 Å². The van der Waals surface area contributed by atoms with E-state index < -0.39 is 131 Å². The molecule has 0 saturated heterocycles. The standard InChI is InChI=1S/C77H94N10O16/c1-48(81-69(94)60(85-74(100)101-47-58-56-34-20-18-32-54(56)55-33-19-21-35-57(55)58)37-40-64(88)86-77(51-26-12-9-13-27-51,52-28-14-10-15-29-52)53-30-16-11-17-31-53)67(92)80-49(2)68(93)82-59(70(95)83-61(72(97)98)39-42-66(91)102-75(3,4)5)36-22-23-44-79-87-63(45-50-25-24-43-78-46-50)71(96)84-62(38-41-65(89)90)73(99)103-76(6,7)8/h9-21,24-35,43,46,48-49,58-63,79,87H,22-23,36-42,44-45,47H2,1-8H3,(H,80,92)(H,81,94)(H,82,93)(H,83,95)(H,84,96)(H,85,100)(H,86,88)(H,89,90)(H,97,98)/t48-,49-,59-,60-,61-,62-,63-/m0/s1. The number of esters is 2. The van der Waals surface area contributed by atoms with Crippen molar-refractivity contribution in [1.29, 1.82) is 0 Å². The second kappa shape index (κ2) is 37.7. The summed E-state index contributed by atoms with van der Waals surface area (Å²) in [5.41, 5.74) is 9.61. The number of carbonyl (C=O) groups is 11. The lowest BCUT2D eigenvalue weighted by Gasteiger charge is -2.37. The van der Waals surface area contributed by atoms with E-state index in [0.717, 1.165) is 38.9 Å². The Morgan fingerprint density at radius 2 is 0.961 bits per heavy atom. The highest BCUT2D eigenvalue weighted by Gasteiger charge is 2.40. The summed E-state index contributed by atoms with van der Waals surface area (Å²) in [6.45, 7) is 12.5. The third-order valence-corrected chi connectivity index (χ3v) is 16.8. The van der Waals surface area contributed by atoms with E-state index in [1.807, 2.05) is 140 Å². The van der Waals surface area contributed by atoms with Crippen LogP contribution < -0.4 is 48.1 Å². The van der Waals surface area contributed by atoms with E-state index >= 15 is 0 Å². The number of nitrogens with one attached hydrogen (secondary N) is 9. The monoisotopic (exact) mass is 1410 g/mol. The van der Waals surface area contributed by atoms with Gasteiger partial charge in [-0.15, -0.1) is 0 Å². The van der Waals surface area contributed by atoms with E-state index in [1.165, 1.54) is 13.8 Å². The number of carbonyl (C=O) groups excluding carboxylic acids is 9. The van der Waals surface area contributed by atoms with Crippen molar-refractivity contribution in [3.8, 4) is 11.1 Å². The van der Waals surface area contributed by atoms with Crippen molar-refractivity contribution in [3.63, 3.8) is 0 Å². The topological polar surface area (TPSA) is 377 Å². The van der Waals surface area contributed by atoms with Gasteiger partial charge in [-0.1, -0.05) is 146 Å². The average Bonchev–Trinajstić information content (AvgIpc) is 1.73. The zero-order valence-corrected chi connectivity index (χ0v) is 59.2. The average molecular weight is 1420 g/mol. The van der Waals surface area contributed by atoms with Gasteiger partial charge in [0.05, 0.1) is 0 Å². The van der Waals surface area contributed by atoms with Crippen molar-refractivity contribution in [2.24, 2.45) is 0 Å². The molecule has 26 heteroatoms. The molecule has 0 fully saturated rings. The molecule has 1 aromatic heterocycles. The summed E-state index contributed by atoms with van der Waals surface area (Å²) in [5.74, 6) is -9.32. The molecule has 0 saturated carbocycles. The number of unbranched alkanes of at least 4 members (excludes halogenated alkanes) is 1. The Hall–Kier alpha value is -10.9. The molecule has 7 atom stereocenters. The van der Waals surface area contributed by atoms with Crippen LogP contribution in [0.2, 0.25) is 0 Å². The number of hydrogen-bond acceptors (Lipinski definition) is 17. The summed E-state index contributed by atoms with van der Waals surface area (Å²) < 4.78 is 16.7. The normalized spacial score (nSPS) is 14.0. The molecule has 1 aliphatic rings. The van der Waals surface area contributed by atoms with E-state index in [9.17, 15) is 63.0 Å². The van der Waals surface area contributed by atoms with E-state index in [2.05, 4.69) is 53.1 Å².